The third-order valence-corrected chi connectivity index (χ3v) is 1.74. The number of aromatic hydroxyl groups is 1. The van der Waals surface area contributed by atoms with E-state index in [0.29, 0.717) is 6.07 Å². The van der Waals surface area contributed by atoms with Crippen LogP contribution in [0.15, 0.2) is 12.1 Å². The largest absolute Gasteiger partial charge is 2.00 e. The van der Waals surface area contributed by atoms with Crippen molar-refractivity contribution in [1.82, 2.24) is 0 Å². The van der Waals surface area contributed by atoms with Gasteiger partial charge in [0.2, 0.25) is 5.75 Å². The second-order valence-corrected chi connectivity index (χ2v) is 2.65. The van der Waals surface area contributed by atoms with Crippen molar-refractivity contribution in [3.05, 3.63) is 37.9 Å². The summed E-state index contributed by atoms with van der Waals surface area (Å²) in [5.41, 5.74) is -2.96. The molecule has 10 heteroatoms. The summed E-state index contributed by atoms with van der Waals surface area (Å²) in [6.07, 6.45) is 0. The monoisotopic (exact) mass is 316 g/mol. The Hall–Kier alpha value is -1.23. The van der Waals surface area contributed by atoms with Gasteiger partial charge in [0.1, 0.15) is 5.56 Å². The number of aromatic carboxylic acids is 1. The van der Waals surface area contributed by atoms with Crippen molar-refractivity contribution in [3.63, 3.8) is 0 Å². The van der Waals surface area contributed by atoms with Crippen LogP contribution < -0.4 is 0 Å². The third kappa shape index (κ3) is 3.12. The molecule has 84 valence electrons. The molecule has 1 aromatic rings. The van der Waals surface area contributed by atoms with Gasteiger partial charge >= 0.3 is 62.8 Å². The Labute approximate surface area is 130 Å². The number of nitro benzene ring substituents is 2. The van der Waals surface area contributed by atoms with Crippen molar-refractivity contribution >= 4 is 62.8 Å². The zero-order chi connectivity index (χ0) is 12.5. The van der Waals surface area contributed by atoms with Gasteiger partial charge in [0.25, 0.3) is 0 Å². The van der Waals surface area contributed by atoms with E-state index in [2.05, 4.69) is 0 Å². The maximum absolute atomic E-state index is 10.5. The van der Waals surface area contributed by atoms with Crippen LogP contribution in [0, 0.1) is 20.2 Å². The molecule has 0 saturated carbocycles. The van der Waals surface area contributed by atoms with Crippen LogP contribution in [0.2, 0.25) is 0 Å². The fourth-order valence-corrected chi connectivity index (χ4v) is 1.07. The van der Waals surface area contributed by atoms with Crippen molar-refractivity contribution in [1.29, 1.82) is 0 Å². The minimum absolute atomic E-state index is 0. The first-order chi connectivity index (χ1) is 7.36. The average molecular weight is 316 g/mol. The number of nitrogens with zero attached hydrogens (tertiary/aromatic N) is 2. The first kappa shape index (κ1) is 15.8. The number of carboxylic acid groups (broad SMARTS) is 1. The Morgan fingerprint density at radius 1 is 1.18 bits per heavy atom. The summed E-state index contributed by atoms with van der Waals surface area (Å²) >= 11 is 0. The van der Waals surface area contributed by atoms with Crippen LogP contribution in [-0.4, -0.2) is 71.5 Å². The third-order valence-electron chi connectivity index (χ3n) is 1.74. The van der Waals surface area contributed by atoms with Gasteiger partial charge < -0.3 is 10.2 Å². The van der Waals surface area contributed by atoms with Crippen LogP contribution >= 0.6 is 0 Å². The molecular formula is C7H4N2O7Sr+2. The van der Waals surface area contributed by atoms with Crippen molar-refractivity contribution in [3.8, 4) is 5.75 Å². The molecule has 0 aliphatic rings. The standard InChI is InChI=1S/C7H4N2O7.Sr/c10-6-3(7(11)12)1-2-4(8(13)14)5(6)9(15)16;/h1-2,10H,(H,11,12);/q;+2. The predicted octanol–water partition coefficient (Wildman–Crippen LogP) is 0.526. The number of nitro groups is 2. The molecule has 0 fully saturated rings. The smallest absolute Gasteiger partial charge is 0.501 e. The summed E-state index contributed by atoms with van der Waals surface area (Å²) in [5, 5.41) is 38.7. The molecule has 0 heterocycles. The fourth-order valence-electron chi connectivity index (χ4n) is 1.07. The number of hydrogen-bond acceptors (Lipinski definition) is 6. The molecular weight excluding hydrogens is 312 g/mol. The number of carboxylic acids is 1. The molecule has 1 aromatic carbocycles. The van der Waals surface area contributed by atoms with Crippen LogP contribution in [0.25, 0.3) is 0 Å². The molecule has 17 heavy (non-hydrogen) atoms. The molecule has 0 radical (unpaired) electrons. The predicted molar refractivity (Wildman–Crippen MR) is 54.1 cm³/mol. The summed E-state index contributed by atoms with van der Waals surface area (Å²) < 4.78 is 0. The molecule has 0 aliphatic heterocycles. The number of rotatable bonds is 3. The van der Waals surface area contributed by atoms with Crippen molar-refractivity contribution < 1.29 is 24.9 Å². The Morgan fingerprint density at radius 3 is 2.06 bits per heavy atom. The maximum Gasteiger partial charge on any atom is 2.00 e. The normalized spacial score (nSPS) is 9.18. The first-order valence-electron chi connectivity index (χ1n) is 3.74. The number of carbonyl (C=O) groups is 1. The molecule has 0 saturated heterocycles. The first-order valence-corrected chi connectivity index (χ1v) is 3.74. The fraction of sp³-hybridized carbons (Fsp3) is 0. The summed E-state index contributed by atoms with van der Waals surface area (Å²) in [6.45, 7) is 0. The van der Waals surface area contributed by atoms with Gasteiger partial charge in [-0.15, -0.1) is 0 Å². The molecule has 2 N–H and O–H groups in total. The minimum atomic E-state index is -1.62. The quantitative estimate of drug-likeness (QED) is 0.470. The van der Waals surface area contributed by atoms with Crippen LogP contribution in [0.5, 0.6) is 5.75 Å². The average Bonchev–Trinajstić information content (AvgIpc) is 2.15. The van der Waals surface area contributed by atoms with E-state index in [1.165, 1.54) is 0 Å². The molecule has 0 atom stereocenters. The van der Waals surface area contributed by atoms with Crippen molar-refractivity contribution in [2.75, 3.05) is 0 Å². The van der Waals surface area contributed by atoms with E-state index in [9.17, 15) is 30.1 Å². The van der Waals surface area contributed by atoms with E-state index in [4.69, 9.17) is 5.11 Å². The molecule has 0 unspecified atom stereocenters. The van der Waals surface area contributed by atoms with E-state index < -0.39 is 38.5 Å². The molecule has 0 amide bonds. The zero-order valence-electron chi connectivity index (χ0n) is 8.19. The van der Waals surface area contributed by atoms with E-state index >= 15 is 0 Å². The molecule has 0 aromatic heterocycles. The SMILES string of the molecule is O=C(O)c1ccc([N+](=O)[O-])c([N+](=O)[O-])c1O.[Sr+2]. The second-order valence-electron chi connectivity index (χ2n) is 2.65. The van der Waals surface area contributed by atoms with E-state index in [1.807, 2.05) is 0 Å². The second kappa shape index (κ2) is 5.91. The van der Waals surface area contributed by atoms with Crippen LogP contribution in [0.1, 0.15) is 10.4 Å². The summed E-state index contributed by atoms with van der Waals surface area (Å²) in [4.78, 5) is 29.1. The van der Waals surface area contributed by atoms with Crippen molar-refractivity contribution in [2.24, 2.45) is 0 Å². The number of hydrogen-bond donors (Lipinski definition) is 2. The van der Waals surface area contributed by atoms with Gasteiger partial charge in [-0.2, -0.15) is 0 Å². The number of benzene rings is 1. The van der Waals surface area contributed by atoms with E-state index in [-0.39, 0.29) is 45.5 Å². The van der Waals surface area contributed by atoms with E-state index in [0.717, 1.165) is 6.07 Å². The van der Waals surface area contributed by atoms with Gasteiger partial charge in [-0.1, -0.05) is 0 Å². The summed E-state index contributed by atoms with van der Waals surface area (Å²) in [6, 6.07) is 1.38. The molecule has 0 spiro atoms. The molecule has 0 aliphatic carbocycles. The van der Waals surface area contributed by atoms with Crippen LogP contribution in [0.4, 0.5) is 11.4 Å². The van der Waals surface area contributed by atoms with Gasteiger partial charge in [0.15, 0.2) is 0 Å². The molecule has 1 rings (SSSR count). The summed E-state index contributed by atoms with van der Waals surface area (Å²) in [5.74, 6) is -2.85. The Bertz CT molecular complexity index is 501. The van der Waals surface area contributed by atoms with Crippen LogP contribution in [0.3, 0.4) is 0 Å². The maximum atomic E-state index is 10.5. The van der Waals surface area contributed by atoms with Gasteiger partial charge in [-0.05, 0) is 6.07 Å². The molecule has 9 nitrogen and oxygen atoms in total. The topological polar surface area (TPSA) is 144 Å². The Balaban J connectivity index is 0.00000256. The Morgan fingerprint density at radius 2 is 1.71 bits per heavy atom. The minimum Gasteiger partial charge on any atom is -0.501 e. The van der Waals surface area contributed by atoms with Gasteiger partial charge in [0.05, 0.1) is 9.85 Å². The van der Waals surface area contributed by atoms with Gasteiger partial charge in [0, 0.05) is 6.07 Å². The van der Waals surface area contributed by atoms with Crippen molar-refractivity contribution in [2.45, 2.75) is 0 Å². The van der Waals surface area contributed by atoms with E-state index in [1.54, 1.807) is 0 Å². The summed E-state index contributed by atoms with van der Waals surface area (Å²) in [7, 11) is 0. The Kier molecular flexibility index (Phi) is 5.48. The van der Waals surface area contributed by atoms with Gasteiger partial charge in [-0.3, -0.25) is 20.2 Å². The number of phenols is 1. The zero-order valence-corrected chi connectivity index (χ0v) is 11.7. The van der Waals surface area contributed by atoms with Gasteiger partial charge in [-0.25, -0.2) is 4.79 Å². The van der Waals surface area contributed by atoms with Crippen LogP contribution in [-0.2, 0) is 0 Å². The molecule has 0 bridgehead atoms.